The summed E-state index contributed by atoms with van der Waals surface area (Å²) in [5, 5.41) is 6.31. The molecule has 0 bridgehead atoms. The third-order valence-corrected chi connectivity index (χ3v) is 6.79. The second-order valence-corrected chi connectivity index (χ2v) is 9.25. The fourth-order valence-electron chi connectivity index (χ4n) is 4.13. The molecule has 1 aromatic carbocycles. The van der Waals surface area contributed by atoms with Crippen LogP contribution in [-0.4, -0.2) is 47.6 Å². The van der Waals surface area contributed by atoms with Crippen molar-refractivity contribution in [3.8, 4) is 11.3 Å². The summed E-state index contributed by atoms with van der Waals surface area (Å²) in [6.45, 7) is 8.32. The van der Waals surface area contributed by atoms with Gasteiger partial charge in [-0.2, -0.15) is 0 Å². The summed E-state index contributed by atoms with van der Waals surface area (Å²) in [5.41, 5.74) is 4.93. The van der Waals surface area contributed by atoms with Gasteiger partial charge in [0, 0.05) is 50.4 Å². The fourth-order valence-corrected chi connectivity index (χ4v) is 4.93. The molecule has 0 saturated carbocycles. The van der Waals surface area contributed by atoms with Crippen LogP contribution in [0.2, 0.25) is 0 Å². The fraction of sp³-hybridized carbons (Fsp3) is 0.333. The molecule has 1 N–H and O–H groups in total. The second kappa shape index (κ2) is 8.52. The topological polar surface area (TPSA) is 48.7 Å². The summed E-state index contributed by atoms with van der Waals surface area (Å²) in [4.78, 5) is 14.3. The molecule has 8 heteroatoms. The first-order valence-corrected chi connectivity index (χ1v) is 11.8. The Labute approximate surface area is 191 Å². The molecule has 4 heterocycles. The molecule has 1 fully saturated rings. The van der Waals surface area contributed by atoms with Crippen molar-refractivity contribution >= 4 is 33.6 Å². The van der Waals surface area contributed by atoms with Gasteiger partial charge in [0.05, 0.1) is 17.1 Å². The third kappa shape index (κ3) is 3.84. The minimum Gasteiger partial charge on any atom is -0.368 e. The number of nitrogens with one attached hydrogen (secondary N) is 1. The van der Waals surface area contributed by atoms with Crippen LogP contribution in [0.25, 0.3) is 16.9 Å². The van der Waals surface area contributed by atoms with Crippen molar-refractivity contribution in [1.29, 1.82) is 0 Å². The molecule has 0 atom stereocenters. The number of nitrogens with zero attached hydrogens (tertiary/aromatic N) is 5. The number of halogens is 1. The Balaban J connectivity index is 1.55. The number of fused-ring (bicyclic) bond motifs is 1. The molecule has 4 aromatic rings. The molecule has 1 aliphatic rings. The third-order valence-electron chi connectivity index (χ3n) is 5.87. The van der Waals surface area contributed by atoms with Crippen LogP contribution < -0.4 is 15.1 Å². The molecule has 0 aliphatic carbocycles. The SMILES string of the molecule is CC(C)c1nc2ccc(N3CCNCC3)cn2c1N(C)c1nc(-c2ccc(F)cc2)cs1. The molecule has 6 nitrogen and oxygen atoms in total. The number of rotatable bonds is 5. The van der Waals surface area contributed by atoms with Crippen molar-refractivity contribution in [3.05, 3.63) is 59.5 Å². The largest absolute Gasteiger partial charge is 0.368 e. The minimum atomic E-state index is -0.242. The van der Waals surface area contributed by atoms with Gasteiger partial charge in [-0.1, -0.05) is 13.8 Å². The summed E-state index contributed by atoms with van der Waals surface area (Å²) >= 11 is 1.58. The van der Waals surface area contributed by atoms with Gasteiger partial charge in [0.25, 0.3) is 0 Å². The van der Waals surface area contributed by atoms with Gasteiger partial charge in [-0.25, -0.2) is 14.4 Å². The molecule has 1 aliphatic heterocycles. The molecule has 166 valence electrons. The van der Waals surface area contributed by atoms with Crippen molar-refractivity contribution in [2.24, 2.45) is 0 Å². The highest BCUT2D eigenvalue weighted by Gasteiger charge is 2.22. The van der Waals surface area contributed by atoms with Crippen molar-refractivity contribution in [3.63, 3.8) is 0 Å². The van der Waals surface area contributed by atoms with E-state index in [9.17, 15) is 4.39 Å². The van der Waals surface area contributed by atoms with E-state index in [2.05, 4.69) is 51.7 Å². The van der Waals surface area contributed by atoms with E-state index in [0.29, 0.717) is 0 Å². The van der Waals surface area contributed by atoms with Crippen LogP contribution in [0.1, 0.15) is 25.5 Å². The Bertz CT molecular complexity index is 1220. The Kier molecular flexibility index (Phi) is 5.57. The van der Waals surface area contributed by atoms with Gasteiger partial charge < -0.3 is 15.1 Å². The van der Waals surface area contributed by atoms with Gasteiger partial charge in [-0.15, -0.1) is 11.3 Å². The zero-order chi connectivity index (χ0) is 22.2. The quantitative estimate of drug-likeness (QED) is 0.469. The van der Waals surface area contributed by atoms with Crippen LogP contribution in [0.15, 0.2) is 48.0 Å². The van der Waals surface area contributed by atoms with E-state index in [4.69, 9.17) is 9.97 Å². The zero-order valence-electron chi connectivity index (χ0n) is 18.5. The number of imidazole rings is 1. The molecule has 5 rings (SSSR count). The number of benzene rings is 1. The Morgan fingerprint density at radius 2 is 1.81 bits per heavy atom. The average molecular weight is 451 g/mol. The second-order valence-electron chi connectivity index (χ2n) is 8.41. The summed E-state index contributed by atoms with van der Waals surface area (Å²) in [5.74, 6) is 1.06. The lowest BCUT2D eigenvalue weighted by Crippen LogP contribution is -2.43. The van der Waals surface area contributed by atoms with Crippen LogP contribution in [0.4, 0.5) is 21.0 Å². The normalized spacial score (nSPS) is 14.5. The van der Waals surface area contributed by atoms with Gasteiger partial charge in [0.15, 0.2) is 5.13 Å². The van der Waals surface area contributed by atoms with E-state index >= 15 is 0 Å². The molecule has 0 spiro atoms. The van der Waals surface area contributed by atoms with E-state index in [1.54, 1.807) is 23.5 Å². The Morgan fingerprint density at radius 3 is 2.53 bits per heavy atom. The number of hydrogen-bond acceptors (Lipinski definition) is 6. The van der Waals surface area contributed by atoms with Crippen molar-refractivity contribution in [2.45, 2.75) is 19.8 Å². The smallest absolute Gasteiger partial charge is 0.191 e. The lowest BCUT2D eigenvalue weighted by atomic mass is 10.1. The molecular weight excluding hydrogens is 423 g/mol. The van der Waals surface area contributed by atoms with E-state index in [1.807, 2.05) is 12.4 Å². The number of anilines is 3. The van der Waals surface area contributed by atoms with Crippen molar-refractivity contribution in [1.82, 2.24) is 19.7 Å². The van der Waals surface area contributed by atoms with Crippen molar-refractivity contribution < 1.29 is 4.39 Å². The van der Waals surface area contributed by atoms with Crippen LogP contribution >= 0.6 is 11.3 Å². The van der Waals surface area contributed by atoms with Crippen LogP contribution in [0, 0.1) is 5.82 Å². The van der Waals surface area contributed by atoms with Crippen molar-refractivity contribution in [2.75, 3.05) is 43.0 Å². The van der Waals surface area contributed by atoms with E-state index in [1.165, 1.54) is 17.8 Å². The summed E-state index contributed by atoms with van der Waals surface area (Å²) in [6.07, 6.45) is 2.19. The van der Waals surface area contributed by atoms with Crippen LogP contribution in [0.5, 0.6) is 0 Å². The monoisotopic (exact) mass is 450 g/mol. The van der Waals surface area contributed by atoms with Crippen LogP contribution in [0.3, 0.4) is 0 Å². The Hall–Kier alpha value is -2.97. The maximum Gasteiger partial charge on any atom is 0.191 e. The molecule has 0 unspecified atom stereocenters. The predicted molar refractivity (Wildman–Crippen MR) is 130 cm³/mol. The number of piperazine rings is 1. The lowest BCUT2D eigenvalue weighted by molar-refractivity contribution is 0.588. The van der Waals surface area contributed by atoms with E-state index in [0.717, 1.165) is 59.7 Å². The maximum atomic E-state index is 13.3. The number of hydrogen-bond donors (Lipinski definition) is 1. The summed E-state index contributed by atoms with van der Waals surface area (Å²) in [6, 6.07) is 10.7. The molecule has 0 amide bonds. The van der Waals surface area contributed by atoms with Gasteiger partial charge in [-0.3, -0.25) is 4.40 Å². The highest BCUT2D eigenvalue weighted by molar-refractivity contribution is 7.14. The summed E-state index contributed by atoms with van der Waals surface area (Å²) in [7, 11) is 2.04. The van der Waals surface area contributed by atoms with E-state index < -0.39 is 0 Å². The van der Waals surface area contributed by atoms with Gasteiger partial charge >= 0.3 is 0 Å². The van der Waals surface area contributed by atoms with Crippen LogP contribution in [-0.2, 0) is 0 Å². The Morgan fingerprint density at radius 1 is 1.06 bits per heavy atom. The molecule has 0 radical (unpaired) electrons. The standard InChI is InChI=1S/C24H27FN6S/c1-16(2)22-23(29(3)24-27-20(15-32-24)17-4-6-18(25)7-5-17)31-14-19(8-9-21(31)28-22)30-12-10-26-11-13-30/h4-9,14-16,26H,10-13H2,1-3H3. The first-order valence-electron chi connectivity index (χ1n) is 10.9. The summed E-state index contributed by atoms with van der Waals surface area (Å²) < 4.78 is 15.5. The predicted octanol–water partition coefficient (Wildman–Crippen LogP) is 4.90. The number of pyridine rings is 1. The van der Waals surface area contributed by atoms with Gasteiger partial charge in [0.2, 0.25) is 0 Å². The first-order chi connectivity index (χ1) is 15.5. The first kappa shape index (κ1) is 20.9. The molecular formula is C24H27FN6S. The highest BCUT2D eigenvalue weighted by Crippen LogP contribution is 2.36. The minimum absolute atomic E-state index is 0.242. The van der Waals surface area contributed by atoms with E-state index in [-0.39, 0.29) is 11.7 Å². The highest BCUT2D eigenvalue weighted by atomic mass is 32.1. The van der Waals surface area contributed by atoms with Gasteiger partial charge in [0.1, 0.15) is 17.3 Å². The molecule has 32 heavy (non-hydrogen) atoms. The molecule has 1 saturated heterocycles. The lowest BCUT2D eigenvalue weighted by Gasteiger charge is -2.29. The zero-order valence-corrected chi connectivity index (χ0v) is 19.4. The number of aromatic nitrogens is 3. The maximum absolute atomic E-state index is 13.3. The average Bonchev–Trinajstić information content (AvgIpc) is 3.45. The number of thiazole rings is 1. The molecule has 3 aromatic heterocycles. The van der Waals surface area contributed by atoms with Gasteiger partial charge in [-0.05, 0) is 42.3 Å².